The number of carbonyl (C=O) groups is 1. The Morgan fingerprint density at radius 1 is 1.55 bits per heavy atom. The van der Waals surface area contributed by atoms with Crippen LogP contribution >= 0.6 is 11.3 Å². The molecule has 0 atom stereocenters. The lowest BCUT2D eigenvalue weighted by molar-refractivity contribution is -0.119. The number of hydrogen-bond donors (Lipinski definition) is 2. The van der Waals surface area contributed by atoms with Crippen molar-refractivity contribution in [3.8, 4) is 0 Å². The van der Waals surface area contributed by atoms with Crippen molar-refractivity contribution >= 4 is 22.4 Å². The van der Waals surface area contributed by atoms with Gasteiger partial charge in [-0.25, -0.2) is 4.98 Å². The molecule has 0 spiro atoms. The Morgan fingerprint density at radius 2 is 2.30 bits per heavy atom. The van der Waals surface area contributed by atoms with E-state index in [-0.39, 0.29) is 5.91 Å². The molecule has 112 valence electrons. The minimum atomic E-state index is -0.245. The number of nitrogens with one attached hydrogen (secondary N) is 1. The maximum absolute atomic E-state index is 11.3. The molecule has 1 aromatic rings. The summed E-state index contributed by atoms with van der Waals surface area (Å²) in [6.07, 6.45) is 7.86. The summed E-state index contributed by atoms with van der Waals surface area (Å²) in [6, 6.07) is 0.497. The number of hydrogen-bond acceptors (Lipinski definition) is 5. The highest BCUT2D eigenvalue weighted by atomic mass is 32.1. The van der Waals surface area contributed by atoms with Gasteiger partial charge in [0.25, 0.3) is 0 Å². The first-order valence-corrected chi connectivity index (χ1v) is 8.21. The van der Waals surface area contributed by atoms with Gasteiger partial charge in [0.2, 0.25) is 5.91 Å². The summed E-state index contributed by atoms with van der Waals surface area (Å²) in [6.45, 7) is 4.20. The SMILES string of the molecule is CCCNc1ncc(CN(CC(N)=O)C2CCCC2)s1. The Bertz CT molecular complexity index is 429. The number of amides is 1. The lowest BCUT2D eigenvalue weighted by Crippen LogP contribution is -2.39. The number of nitrogens with zero attached hydrogens (tertiary/aromatic N) is 2. The van der Waals surface area contributed by atoms with Gasteiger partial charge < -0.3 is 11.1 Å². The van der Waals surface area contributed by atoms with Gasteiger partial charge >= 0.3 is 0 Å². The molecule has 0 unspecified atom stereocenters. The highest BCUT2D eigenvalue weighted by Crippen LogP contribution is 2.27. The Kier molecular flexibility index (Phi) is 5.79. The molecule has 1 aliphatic rings. The fraction of sp³-hybridized carbons (Fsp3) is 0.714. The molecule has 0 radical (unpaired) electrons. The number of primary amides is 1. The summed E-state index contributed by atoms with van der Waals surface area (Å²) in [5.74, 6) is -0.245. The summed E-state index contributed by atoms with van der Waals surface area (Å²) in [4.78, 5) is 19.0. The third-order valence-corrected chi connectivity index (χ3v) is 4.58. The van der Waals surface area contributed by atoms with Crippen LogP contribution < -0.4 is 11.1 Å². The number of thiazole rings is 1. The second-order valence-corrected chi connectivity index (χ2v) is 6.48. The summed E-state index contributed by atoms with van der Waals surface area (Å²) in [5.41, 5.74) is 5.38. The van der Waals surface area contributed by atoms with Gasteiger partial charge in [-0.05, 0) is 19.3 Å². The van der Waals surface area contributed by atoms with Crippen LogP contribution in [0.4, 0.5) is 5.13 Å². The van der Waals surface area contributed by atoms with E-state index in [2.05, 4.69) is 22.1 Å². The van der Waals surface area contributed by atoms with E-state index in [9.17, 15) is 4.79 Å². The molecule has 20 heavy (non-hydrogen) atoms. The minimum absolute atomic E-state index is 0.245. The van der Waals surface area contributed by atoms with Crippen molar-refractivity contribution < 1.29 is 4.79 Å². The standard InChI is InChI=1S/C14H24N4OS/c1-2-7-16-14-17-8-12(20-14)9-18(10-13(15)19)11-5-3-4-6-11/h8,11H,2-7,9-10H2,1H3,(H2,15,19)(H,16,17). The van der Waals surface area contributed by atoms with Crippen molar-refractivity contribution in [2.45, 2.75) is 51.6 Å². The fourth-order valence-corrected chi connectivity index (χ4v) is 3.54. The Morgan fingerprint density at radius 3 is 2.95 bits per heavy atom. The van der Waals surface area contributed by atoms with Crippen molar-refractivity contribution in [3.05, 3.63) is 11.1 Å². The Labute approximate surface area is 124 Å². The quantitative estimate of drug-likeness (QED) is 0.771. The zero-order chi connectivity index (χ0) is 14.4. The van der Waals surface area contributed by atoms with Crippen LogP contribution in [0.5, 0.6) is 0 Å². The molecule has 0 aliphatic heterocycles. The number of nitrogens with two attached hydrogens (primary N) is 1. The maximum Gasteiger partial charge on any atom is 0.231 e. The van der Waals surface area contributed by atoms with Gasteiger partial charge in [0.05, 0.1) is 6.54 Å². The second-order valence-electron chi connectivity index (χ2n) is 5.37. The molecular formula is C14H24N4OS. The van der Waals surface area contributed by atoms with E-state index in [0.717, 1.165) is 24.6 Å². The molecule has 1 aromatic heterocycles. The predicted molar refractivity (Wildman–Crippen MR) is 82.8 cm³/mol. The van der Waals surface area contributed by atoms with Crippen molar-refractivity contribution in [1.29, 1.82) is 0 Å². The molecule has 5 nitrogen and oxygen atoms in total. The van der Waals surface area contributed by atoms with E-state index < -0.39 is 0 Å². The summed E-state index contributed by atoms with van der Waals surface area (Å²) in [5, 5.41) is 4.26. The first-order chi connectivity index (χ1) is 9.69. The van der Waals surface area contributed by atoms with Gasteiger partial charge in [-0.1, -0.05) is 19.8 Å². The molecule has 0 saturated heterocycles. The van der Waals surface area contributed by atoms with Gasteiger partial charge in [-0.2, -0.15) is 0 Å². The van der Waals surface area contributed by atoms with Crippen molar-refractivity contribution in [3.63, 3.8) is 0 Å². The first-order valence-electron chi connectivity index (χ1n) is 7.40. The topological polar surface area (TPSA) is 71.2 Å². The van der Waals surface area contributed by atoms with Gasteiger partial charge in [-0.3, -0.25) is 9.69 Å². The number of aromatic nitrogens is 1. The third-order valence-electron chi connectivity index (χ3n) is 3.64. The van der Waals surface area contributed by atoms with E-state index in [1.807, 2.05) is 6.20 Å². The van der Waals surface area contributed by atoms with Crippen LogP contribution in [0.1, 0.15) is 43.9 Å². The van der Waals surface area contributed by atoms with Crippen LogP contribution in [0.25, 0.3) is 0 Å². The van der Waals surface area contributed by atoms with Crippen molar-refractivity contribution in [1.82, 2.24) is 9.88 Å². The third kappa shape index (κ3) is 4.45. The van der Waals surface area contributed by atoms with Crippen LogP contribution in [0.3, 0.4) is 0 Å². The average Bonchev–Trinajstić information content (AvgIpc) is 3.06. The maximum atomic E-state index is 11.3. The number of carbonyl (C=O) groups excluding carboxylic acids is 1. The largest absolute Gasteiger partial charge is 0.369 e. The smallest absolute Gasteiger partial charge is 0.231 e. The molecule has 1 saturated carbocycles. The monoisotopic (exact) mass is 296 g/mol. The number of anilines is 1. The van der Waals surface area contributed by atoms with Crippen LogP contribution in [0.15, 0.2) is 6.20 Å². The van der Waals surface area contributed by atoms with E-state index in [4.69, 9.17) is 5.73 Å². The van der Waals surface area contributed by atoms with Gasteiger partial charge in [0.1, 0.15) is 0 Å². The Balaban J connectivity index is 1.95. The highest BCUT2D eigenvalue weighted by molar-refractivity contribution is 7.15. The molecule has 0 bridgehead atoms. The van der Waals surface area contributed by atoms with E-state index in [1.54, 1.807) is 11.3 Å². The molecule has 3 N–H and O–H groups in total. The summed E-state index contributed by atoms with van der Waals surface area (Å²) < 4.78 is 0. The van der Waals surface area contributed by atoms with E-state index >= 15 is 0 Å². The molecule has 0 aromatic carbocycles. The summed E-state index contributed by atoms with van der Waals surface area (Å²) in [7, 11) is 0. The van der Waals surface area contributed by atoms with Crippen LogP contribution in [-0.4, -0.2) is 34.9 Å². The van der Waals surface area contributed by atoms with Crippen LogP contribution in [0.2, 0.25) is 0 Å². The molecule has 1 heterocycles. The molecule has 1 amide bonds. The highest BCUT2D eigenvalue weighted by Gasteiger charge is 2.24. The molecular weight excluding hydrogens is 272 g/mol. The van der Waals surface area contributed by atoms with Gasteiger partial charge in [0.15, 0.2) is 5.13 Å². The summed E-state index contributed by atoms with van der Waals surface area (Å²) >= 11 is 1.67. The first kappa shape index (κ1) is 15.3. The lowest BCUT2D eigenvalue weighted by atomic mass is 10.2. The van der Waals surface area contributed by atoms with E-state index in [1.165, 1.54) is 30.6 Å². The lowest BCUT2D eigenvalue weighted by Gasteiger charge is -2.26. The predicted octanol–water partition coefficient (Wildman–Crippen LogP) is 2.19. The zero-order valence-corrected chi connectivity index (χ0v) is 12.9. The molecule has 6 heteroatoms. The molecule has 2 rings (SSSR count). The van der Waals surface area contributed by atoms with Crippen molar-refractivity contribution in [2.75, 3.05) is 18.4 Å². The average molecular weight is 296 g/mol. The zero-order valence-electron chi connectivity index (χ0n) is 12.1. The minimum Gasteiger partial charge on any atom is -0.369 e. The fourth-order valence-electron chi connectivity index (χ4n) is 2.68. The van der Waals surface area contributed by atoms with Crippen LogP contribution in [-0.2, 0) is 11.3 Å². The van der Waals surface area contributed by atoms with Crippen LogP contribution in [0, 0.1) is 0 Å². The van der Waals surface area contributed by atoms with Gasteiger partial charge in [0, 0.05) is 30.2 Å². The van der Waals surface area contributed by atoms with Gasteiger partial charge in [-0.15, -0.1) is 11.3 Å². The molecule has 1 aliphatic carbocycles. The molecule has 1 fully saturated rings. The number of rotatable bonds is 8. The van der Waals surface area contributed by atoms with E-state index in [0.29, 0.717) is 12.6 Å². The Hall–Kier alpha value is -1.14. The second kappa shape index (κ2) is 7.59. The normalized spacial score (nSPS) is 15.9. The van der Waals surface area contributed by atoms with Crippen molar-refractivity contribution in [2.24, 2.45) is 5.73 Å².